The Bertz CT molecular complexity index is 716. The summed E-state index contributed by atoms with van der Waals surface area (Å²) >= 11 is 5.85. The molecule has 3 nitrogen and oxygen atoms in total. The Morgan fingerprint density at radius 3 is 2.14 bits per heavy atom. The van der Waals surface area contributed by atoms with Crippen LogP contribution in [0.5, 0.6) is 0 Å². The summed E-state index contributed by atoms with van der Waals surface area (Å²) in [4.78, 5) is 23.9. The van der Waals surface area contributed by atoms with Gasteiger partial charge in [0.15, 0.2) is 0 Å². The molecule has 0 aromatic heterocycles. The van der Waals surface area contributed by atoms with Crippen molar-refractivity contribution in [1.29, 1.82) is 0 Å². The molecule has 1 amide bonds. The van der Waals surface area contributed by atoms with Crippen LogP contribution < -0.4 is 5.32 Å². The largest absolute Gasteiger partial charge is 0.323 e. The zero-order valence-electron chi connectivity index (χ0n) is 12.4. The first kappa shape index (κ1) is 16.0. The highest BCUT2D eigenvalue weighted by Crippen LogP contribution is 2.15. The van der Waals surface area contributed by atoms with Crippen molar-refractivity contribution in [2.45, 2.75) is 13.8 Å². The van der Waals surface area contributed by atoms with Gasteiger partial charge in [0.25, 0.3) is 0 Å². The van der Waals surface area contributed by atoms with E-state index in [0.29, 0.717) is 10.6 Å². The van der Waals surface area contributed by atoms with Gasteiger partial charge in [-0.3, -0.25) is 9.59 Å². The van der Waals surface area contributed by atoms with Crippen LogP contribution in [0, 0.1) is 6.92 Å². The van der Waals surface area contributed by atoms with Crippen molar-refractivity contribution in [2.24, 2.45) is 0 Å². The molecule has 0 spiro atoms. The third-order valence-corrected chi connectivity index (χ3v) is 3.30. The van der Waals surface area contributed by atoms with E-state index in [4.69, 9.17) is 11.6 Å². The maximum Gasteiger partial charge on any atom is 0.221 e. The zero-order valence-corrected chi connectivity index (χ0v) is 13.1. The second-order valence-electron chi connectivity index (χ2n) is 4.99. The minimum atomic E-state index is -0.291. The smallest absolute Gasteiger partial charge is 0.221 e. The summed E-state index contributed by atoms with van der Waals surface area (Å²) in [6.45, 7) is 3.32. The van der Waals surface area contributed by atoms with Gasteiger partial charge in [-0.1, -0.05) is 53.6 Å². The summed E-state index contributed by atoms with van der Waals surface area (Å²) < 4.78 is 0. The topological polar surface area (TPSA) is 46.2 Å². The third kappa shape index (κ3) is 4.30. The van der Waals surface area contributed by atoms with E-state index < -0.39 is 0 Å². The molecule has 0 atom stereocenters. The first-order valence-electron chi connectivity index (χ1n) is 6.82. The average Bonchev–Trinajstić information content (AvgIpc) is 2.48. The lowest BCUT2D eigenvalue weighted by atomic mass is 10.0. The molecule has 0 heterocycles. The van der Waals surface area contributed by atoms with Crippen LogP contribution in [0.25, 0.3) is 6.08 Å². The number of allylic oxidation sites excluding steroid dienone is 1. The number of aryl methyl sites for hydroxylation is 1. The number of hydrogen-bond acceptors (Lipinski definition) is 2. The van der Waals surface area contributed by atoms with Crippen molar-refractivity contribution in [1.82, 2.24) is 5.32 Å². The van der Waals surface area contributed by atoms with Gasteiger partial charge in [0, 0.05) is 17.5 Å². The normalized spacial score (nSPS) is 11.1. The lowest BCUT2D eigenvalue weighted by Crippen LogP contribution is -2.25. The number of benzene rings is 2. The second-order valence-corrected chi connectivity index (χ2v) is 5.42. The minimum Gasteiger partial charge on any atom is -0.323 e. The molecule has 0 saturated carbocycles. The second kappa shape index (κ2) is 7.05. The Morgan fingerprint density at radius 2 is 1.59 bits per heavy atom. The van der Waals surface area contributed by atoms with Crippen LogP contribution >= 0.6 is 11.6 Å². The highest BCUT2D eigenvalue weighted by molar-refractivity contribution is 6.30. The molecule has 112 valence electrons. The van der Waals surface area contributed by atoms with Gasteiger partial charge in [-0.15, -0.1) is 0 Å². The molecule has 2 aromatic rings. The van der Waals surface area contributed by atoms with Gasteiger partial charge < -0.3 is 5.32 Å². The first-order valence-corrected chi connectivity index (χ1v) is 7.20. The first-order chi connectivity index (χ1) is 10.5. The molecule has 0 radical (unpaired) electrons. The molecule has 0 bridgehead atoms. The Balaban J connectivity index is 2.36. The molecule has 0 aliphatic carbocycles. The monoisotopic (exact) mass is 313 g/mol. The van der Waals surface area contributed by atoms with Crippen LogP contribution in [0.4, 0.5) is 0 Å². The molecular weight excluding hydrogens is 298 g/mol. The summed E-state index contributed by atoms with van der Waals surface area (Å²) in [6, 6.07) is 14.2. The standard InChI is InChI=1S/C18H16ClNO2/c1-12-3-7-15(8-4-12)18(22)17(20-13(2)21)11-14-5-9-16(19)10-6-14/h3-11H,1-2H3,(H,20,21). The van der Waals surface area contributed by atoms with Gasteiger partial charge in [0.2, 0.25) is 11.7 Å². The molecule has 0 aliphatic rings. The SMILES string of the molecule is CC(=O)NC(=Cc1ccc(Cl)cc1)C(=O)c1ccc(C)cc1. The fourth-order valence-corrected chi connectivity index (χ4v) is 2.06. The number of hydrogen-bond donors (Lipinski definition) is 1. The van der Waals surface area contributed by atoms with Crippen molar-refractivity contribution in [3.63, 3.8) is 0 Å². The lowest BCUT2D eigenvalue weighted by Gasteiger charge is -2.08. The predicted octanol–water partition coefficient (Wildman–Crippen LogP) is 4.01. The van der Waals surface area contributed by atoms with E-state index >= 15 is 0 Å². The van der Waals surface area contributed by atoms with Crippen LogP contribution in [0.3, 0.4) is 0 Å². The molecular formula is C18H16ClNO2. The van der Waals surface area contributed by atoms with Crippen LogP contribution in [-0.4, -0.2) is 11.7 Å². The number of rotatable bonds is 4. The number of carbonyl (C=O) groups excluding carboxylic acids is 2. The molecule has 0 aliphatic heterocycles. The lowest BCUT2D eigenvalue weighted by molar-refractivity contribution is -0.118. The number of halogens is 1. The molecule has 0 saturated heterocycles. The van der Waals surface area contributed by atoms with E-state index in [9.17, 15) is 9.59 Å². The van der Waals surface area contributed by atoms with Gasteiger partial charge in [-0.25, -0.2) is 0 Å². The quantitative estimate of drug-likeness (QED) is 0.685. The van der Waals surface area contributed by atoms with Crippen molar-refractivity contribution in [3.05, 3.63) is 75.9 Å². The van der Waals surface area contributed by atoms with Crippen LogP contribution in [-0.2, 0) is 4.79 Å². The van der Waals surface area contributed by atoms with Crippen molar-refractivity contribution < 1.29 is 9.59 Å². The van der Waals surface area contributed by atoms with Gasteiger partial charge in [0.1, 0.15) is 0 Å². The number of Topliss-reactive ketones (excluding diaryl/α,β-unsaturated/α-hetero) is 1. The van der Waals surface area contributed by atoms with E-state index in [0.717, 1.165) is 11.1 Å². The molecule has 2 rings (SSSR count). The van der Waals surface area contributed by atoms with Gasteiger partial charge in [-0.2, -0.15) is 0 Å². The van der Waals surface area contributed by atoms with E-state index in [-0.39, 0.29) is 17.4 Å². The summed E-state index contributed by atoms with van der Waals surface area (Å²) in [6.07, 6.45) is 1.64. The minimum absolute atomic E-state index is 0.231. The highest BCUT2D eigenvalue weighted by Gasteiger charge is 2.13. The maximum atomic E-state index is 12.6. The summed E-state index contributed by atoms with van der Waals surface area (Å²) in [5.74, 6) is -0.522. The molecule has 0 unspecified atom stereocenters. The zero-order chi connectivity index (χ0) is 16.1. The number of ketones is 1. The summed E-state index contributed by atoms with van der Waals surface area (Å²) in [7, 11) is 0. The fourth-order valence-electron chi connectivity index (χ4n) is 1.93. The summed E-state index contributed by atoms with van der Waals surface area (Å²) in [5, 5.41) is 3.21. The summed E-state index contributed by atoms with van der Waals surface area (Å²) in [5.41, 5.74) is 2.62. The van der Waals surface area contributed by atoms with Crippen molar-refractivity contribution >= 4 is 29.4 Å². The van der Waals surface area contributed by atoms with E-state index in [2.05, 4.69) is 5.32 Å². The number of carbonyl (C=O) groups is 2. The fraction of sp³-hybridized carbons (Fsp3) is 0.111. The Labute approximate surface area is 134 Å². The average molecular weight is 314 g/mol. The highest BCUT2D eigenvalue weighted by atomic mass is 35.5. The molecule has 2 aromatic carbocycles. The molecule has 4 heteroatoms. The molecule has 1 N–H and O–H groups in total. The van der Waals surface area contributed by atoms with Crippen LogP contribution in [0.15, 0.2) is 54.2 Å². The van der Waals surface area contributed by atoms with Crippen LogP contribution in [0.2, 0.25) is 5.02 Å². The van der Waals surface area contributed by atoms with Crippen LogP contribution in [0.1, 0.15) is 28.4 Å². The van der Waals surface area contributed by atoms with Gasteiger partial charge in [-0.05, 0) is 30.7 Å². The number of amides is 1. The molecule has 0 fully saturated rings. The van der Waals surface area contributed by atoms with E-state index in [1.54, 1.807) is 42.5 Å². The van der Waals surface area contributed by atoms with Crippen molar-refractivity contribution in [2.75, 3.05) is 0 Å². The van der Waals surface area contributed by atoms with Gasteiger partial charge >= 0.3 is 0 Å². The number of nitrogens with one attached hydrogen (secondary N) is 1. The maximum absolute atomic E-state index is 12.6. The van der Waals surface area contributed by atoms with E-state index in [1.807, 2.05) is 19.1 Å². The van der Waals surface area contributed by atoms with E-state index in [1.165, 1.54) is 6.92 Å². The predicted molar refractivity (Wildman–Crippen MR) is 88.8 cm³/mol. The Kier molecular flexibility index (Phi) is 5.12. The third-order valence-electron chi connectivity index (χ3n) is 3.05. The van der Waals surface area contributed by atoms with Crippen molar-refractivity contribution in [3.8, 4) is 0 Å². The Morgan fingerprint density at radius 1 is 1.00 bits per heavy atom. The molecule has 22 heavy (non-hydrogen) atoms. The van der Waals surface area contributed by atoms with Gasteiger partial charge in [0.05, 0.1) is 5.70 Å². The Hall–Kier alpha value is -2.39.